The Morgan fingerprint density at radius 3 is 2.71 bits per heavy atom. The molecular weight excluding hydrogens is 432 g/mol. The van der Waals surface area contributed by atoms with Crippen LogP contribution >= 0.6 is 23.4 Å². The Balaban J connectivity index is 1.65. The summed E-state index contributed by atoms with van der Waals surface area (Å²) in [6.07, 6.45) is 1.76. The highest BCUT2D eigenvalue weighted by Gasteiger charge is 2.15. The van der Waals surface area contributed by atoms with Crippen molar-refractivity contribution in [1.29, 1.82) is 0 Å². The van der Waals surface area contributed by atoms with Gasteiger partial charge >= 0.3 is 0 Å². The van der Waals surface area contributed by atoms with Gasteiger partial charge in [-0.2, -0.15) is 0 Å². The van der Waals surface area contributed by atoms with Gasteiger partial charge < -0.3 is 10.1 Å². The fourth-order valence-corrected chi connectivity index (χ4v) is 3.83. The summed E-state index contributed by atoms with van der Waals surface area (Å²) in [5.41, 5.74) is 3.99. The number of aromatic nitrogens is 3. The maximum Gasteiger partial charge on any atom is 0.234 e. The third-order valence-electron chi connectivity index (χ3n) is 4.55. The number of thioether (sulfide) groups is 1. The normalized spacial score (nSPS) is 10.7. The third-order valence-corrected chi connectivity index (χ3v) is 5.83. The van der Waals surface area contributed by atoms with E-state index >= 15 is 0 Å². The van der Waals surface area contributed by atoms with Crippen molar-refractivity contribution in [2.24, 2.45) is 0 Å². The SMILES string of the molecule is C=CCn1c(COc2cc(C)ccc2Cl)nnc1SCC(=O)Nc1cc(C)ccc1C. The standard InChI is InChI=1S/C23H25ClN4O2S/c1-5-10-28-21(13-30-20-12-16(3)7-9-18(20)24)26-27-23(28)31-14-22(29)25-19-11-15(2)6-8-17(19)4/h5-9,11-12H,1,10,13-14H2,2-4H3,(H,25,29). The van der Waals surface area contributed by atoms with Gasteiger partial charge in [0.2, 0.25) is 5.91 Å². The number of nitrogens with one attached hydrogen (secondary N) is 1. The van der Waals surface area contributed by atoms with E-state index in [1.165, 1.54) is 11.8 Å². The number of rotatable bonds is 9. The van der Waals surface area contributed by atoms with Crippen LogP contribution in [0.3, 0.4) is 0 Å². The van der Waals surface area contributed by atoms with Gasteiger partial charge in [-0.3, -0.25) is 9.36 Å². The molecule has 0 fully saturated rings. The molecule has 162 valence electrons. The largest absolute Gasteiger partial charge is 0.484 e. The summed E-state index contributed by atoms with van der Waals surface area (Å²) in [5.74, 6) is 1.34. The minimum atomic E-state index is -0.101. The summed E-state index contributed by atoms with van der Waals surface area (Å²) in [7, 11) is 0. The summed E-state index contributed by atoms with van der Waals surface area (Å²) in [5, 5.41) is 12.6. The van der Waals surface area contributed by atoms with Crippen LogP contribution in [-0.4, -0.2) is 26.4 Å². The molecule has 0 spiro atoms. The summed E-state index contributed by atoms with van der Waals surface area (Å²) in [6, 6.07) is 11.6. The summed E-state index contributed by atoms with van der Waals surface area (Å²) in [4.78, 5) is 12.5. The molecule has 1 N–H and O–H groups in total. The second-order valence-electron chi connectivity index (χ2n) is 7.18. The number of anilines is 1. The minimum Gasteiger partial charge on any atom is -0.484 e. The lowest BCUT2D eigenvalue weighted by Gasteiger charge is -2.11. The van der Waals surface area contributed by atoms with Crippen LogP contribution in [-0.2, 0) is 17.9 Å². The van der Waals surface area contributed by atoms with Gasteiger partial charge in [-0.15, -0.1) is 16.8 Å². The monoisotopic (exact) mass is 456 g/mol. The van der Waals surface area contributed by atoms with Crippen molar-refractivity contribution in [3.05, 3.63) is 76.6 Å². The Labute approximate surface area is 191 Å². The molecule has 3 rings (SSSR count). The number of halogens is 1. The first-order chi connectivity index (χ1) is 14.9. The smallest absolute Gasteiger partial charge is 0.234 e. The van der Waals surface area contributed by atoms with Crippen molar-refractivity contribution >= 4 is 35.0 Å². The predicted octanol–water partition coefficient (Wildman–Crippen LogP) is 5.35. The second-order valence-corrected chi connectivity index (χ2v) is 8.53. The van der Waals surface area contributed by atoms with E-state index in [0.29, 0.717) is 28.3 Å². The number of benzene rings is 2. The molecule has 6 nitrogen and oxygen atoms in total. The molecule has 0 aliphatic heterocycles. The summed E-state index contributed by atoms with van der Waals surface area (Å²) in [6.45, 7) is 10.5. The van der Waals surface area contributed by atoms with Gasteiger partial charge in [0, 0.05) is 12.2 Å². The number of hydrogen-bond acceptors (Lipinski definition) is 5. The Hall–Kier alpha value is -2.77. The van der Waals surface area contributed by atoms with E-state index in [1.807, 2.05) is 55.7 Å². The molecular formula is C23H25ClN4O2S. The quantitative estimate of drug-likeness (QED) is 0.347. The number of carbonyl (C=O) groups excluding carboxylic acids is 1. The molecule has 8 heteroatoms. The molecule has 1 aromatic heterocycles. The van der Waals surface area contributed by atoms with Crippen LogP contribution in [0.5, 0.6) is 5.75 Å². The van der Waals surface area contributed by atoms with Crippen LogP contribution in [0.4, 0.5) is 5.69 Å². The number of carbonyl (C=O) groups is 1. The molecule has 0 saturated heterocycles. The van der Waals surface area contributed by atoms with Gasteiger partial charge in [-0.05, 0) is 55.7 Å². The predicted molar refractivity (Wildman–Crippen MR) is 126 cm³/mol. The zero-order chi connectivity index (χ0) is 22.4. The van der Waals surface area contributed by atoms with Crippen molar-refractivity contribution in [1.82, 2.24) is 14.8 Å². The zero-order valence-corrected chi connectivity index (χ0v) is 19.4. The maximum absolute atomic E-state index is 12.5. The van der Waals surface area contributed by atoms with Gasteiger partial charge in [0.05, 0.1) is 10.8 Å². The first-order valence-electron chi connectivity index (χ1n) is 9.79. The summed E-state index contributed by atoms with van der Waals surface area (Å²) < 4.78 is 7.74. The molecule has 0 unspecified atom stereocenters. The van der Waals surface area contributed by atoms with Crippen LogP contribution in [0.25, 0.3) is 0 Å². The van der Waals surface area contributed by atoms with Crippen LogP contribution in [0.2, 0.25) is 5.02 Å². The van der Waals surface area contributed by atoms with Crippen molar-refractivity contribution in [2.75, 3.05) is 11.1 Å². The Kier molecular flexibility index (Phi) is 7.76. The van der Waals surface area contributed by atoms with E-state index in [0.717, 1.165) is 22.4 Å². The lowest BCUT2D eigenvalue weighted by atomic mass is 10.1. The first kappa shape index (κ1) is 22.9. The molecule has 0 saturated carbocycles. The van der Waals surface area contributed by atoms with Crippen LogP contribution in [0.15, 0.2) is 54.2 Å². The van der Waals surface area contributed by atoms with E-state index in [2.05, 4.69) is 22.1 Å². The van der Waals surface area contributed by atoms with Crippen molar-refractivity contribution < 1.29 is 9.53 Å². The van der Waals surface area contributed by atoms with E-state index in [-0.39, 0.29) is 18.3 Å². The molecule has 0 atom stereocenters. The van der Waals surface area contributed by atoms with Gasteiger partial charge in [-0.1, -0.05) is 47.6 Å². The molecule has 0 bridgehead atoms. The molecule has 1 heterocycles. The molecule has 0 radical (unpaired) electrons. The van der Waals surface area contributed by atoms with Gasteiger partial charge in [0.1, 0.15) is 12.4 Å². The van der Waals surface area contributed by atoms with E-state index < -0.39 is 0 Å². The van der Waals surface area contributed by atoms with Crippen LogP contribution in [0.1, 0.15) is 22.5 Å². The third kappa shape index (κ3) is 6.12. The number of aryl methyl sites for hydroxylation is 3. The highest BCUT2D eigenvalue weighted by atomic mass is 35.5. The summed E-state index contributed by atoms with van der Waals surface area (Å²) >= 11 is 7.53. The Morgan fingerprint density at radius 1 is 1.19 bits per heavy atom. The van der Waals surface area contributed by atoms with Crippen LogP contribution in [0, 0.1) is 20.8 Å². The van der Waals surface area contributed by atoms with Gasteiger partial charge in [0.15, 0.2) is 11.0 Å². The average molecular weight is 457 g/mol. The van der Waals surface area contributed by atoms with E-state index in [4.69, 9.17) is 16.3 Å². The molecule has 2 aromatic carbocycles. The highest BCUT2D eigenvalue weighted by Crippen LogP contribution is 2.26. The lowest BCUT2D eigenvalue weighted by molar-refractivity contribution is -0.113. The topological polar surface area (TPSA) is 69.0 Å². The Morgan fingerprint density at radius 2 is 1.94 bits per heavy atom. The maximum atomic E-state index is 12.5. The van der Waals surface area contributed by atoms with Crippen molar-refractivity contribution in [3.63, 3.8) is 0 Å². The number of nitrogens with zero attached hydrogens (tertiary/aromatic N) is 3. The molecule has 0 aliphatic carbocycles. The second kappa shape index (κ2) is 10.5. The van der Waals surface area contributed by atoms with E-state index in [9.17, 15) is 4.79 Å². The van der Waals surface area contributed by atoms with Crippen LogP contribution < -0.4 is 10.1 Å². The molecule has 3 aromatic rings. The molecule has 1 amide bonds. The minimum absolute atomic E-state index is 0.101. The molecule has 0 aliphatic rings. The van der Waals surface area contributed by atoms with Crippen molar-refractivity contribution in [3.8, 4) is 5.75 Å². The number of amides is 1. The number of hydrogen-bond donors (Lipinski definition) is 1. The fourth-order valence-electron chi connectivity index (χ4n) is 2.90. The van der Waals surface area contributed by atoms with Gasteiger partial charge in [-0.25, -0.2) is 0 Å². The van der Waals surface area contributed by atoms with E-state index in [1.54, 1.807) is 12.1 Å². The number of allylic oxidation sites excluding steroid dienone is 1. The average Bonchev–Trinajstić information content (AvgIpc) is 3.12. The lowest BCUT2D eigenvalue weighted by Crippen LogP contribution is -2.15. The van der Waals surface area contributed by atoms with Crippen molar-refractivity contribution in [2.45, 2.75) is 39.1 Å². The Bertz CT molecular complexity index is 1100. The van der Waals surface area contributed by atoms with Gasteiger partial charge in [0.25, 0.3) is 0 Å². The number of ether oxygens (including phenoxy) is 1. The molecule has 31 heavy (non-hydrogen) atoms. The first-order valence-corrected chi connectivity index (χ1v) is 11.2. The fraction of sp³-hybridized carbons (Fsp3) is 0.261. The zero-order valence-electron chi connectivity index (χ0n) is 17.8. The highest BCUT2D eigenvalue weighted by molar-refractivity contribution is 7.99.